The lowest BCUT2D eigenvalue weighted by Gasteiger charge is -2.10. The second-order valence-electron chi connectivity index (χ2n) is 4.10. The molecule has 4 nitrogen and oxygen atoms in total. The van der Waals surface area contributed by atoms with E-state index in [2.05, 4.69) is 15.9 Å². The molecule has 2 aromatic carbocycles. The summed E-state index contributed by atoms with van der Waals surface area (Å²) in [7, 11) is 0. The minimum atomic E-state index is -0.450. The van der Waals surface area contributed by atoms with E-state index in [1.807, 2.05) is 24.3 Å². The van der Waals surface area contributed by atoms with Gasteiger partial charge in [-0.15, -0.1) is 11.6 Å². The zero-order chi connectivity index (χ0) is 14.5. The van der Waals surface area contributed by atoms with Gasteiger partial charge in [0.25, 0.3) is 5.69 Å². The van der Waals surface area contributed by atoms with E-state index in [4.69, 9.17) is 16.3 Å². The summed E-state index contributed by atoms with van der Waals surface area (Å²) in [6.45, 7) is 0.384. The van der Waals surface area contributed by atoms with Crippen LogP contribution in [0.3, 0.4) is 0 Å². The minimum Gasteiger partial charge on any atom is -0.489 e. The maximum atomic E-state index is 10.7. The zero-order valence-electron chi connectivity index (χ0n) is 10.4. The number of alkyl halides is 1. The number of nitro groups is 1. The highest BCUT2D eigenvalue weighted by atomic mass is 79.9. The summed E-state index contributed by atoms with van der Waals surface area (Å²) in [6, 6.07) is 12.2. The van der Waals surface area contributed by atoms with E-state index in [-0.39, 0.29) is 11.6 Å². The van der Waals surface area contributed by atoms with Gasteiger partial charge in [-0.2, -0.15) is 0 Å². The van der Waals surface area contributed by atoms with Crippen LogP contribution in [-0.4, -0.2) is 4.92 Å². The second kappa shape index (κ2) is 6.72. The van der Waals surface area contributed by atoms with E-state index in [1.54, 1.807) is 6.07 Å². The van der Waals surface area contributed by atoms with Gasteiger partial charge >= 0.3 is 0 Å². The first-order valence-corrected chi connectivity index (χ1v) is 7.13. The summed E-state index contributed by atoms with van der Waals surface area (Å²) in [5, 5.41) is 10.7. The van der Waals surface area contributed by atoms with Gasteiger partial charge in [0.2, 0.25) is 0 Å². The van der Waals surface area contributed by atoms with Crippen molar-refractivity contribution in [2.75, 3.05) is 0 Å². The Morgan fingerprint density at radius 3 is 2.50 bits per heavy atom. The standard InChI is InChI=1S/C14H11BrClNO3/c15-12-3-1-10(2-4-12)9-20-14-6-5-13(17(18)19)7-11(14)8-16/h1-7H,8-9H2. The van der Waals surface area contributed by atoms with Crippen molar-refractivity contribution in [3.8, 4) is 5.75 Å². The van der Waals surface area contributed by atoms with Gasteiger partial charge in [0, 0.05) is 22.2 Å². The molecule has 0 bridgehead atoms. The average Bonchev–Trinajstić information content (AvgIpc) is 2.46. The van der Waals surface area contributed by atoms with Crippen LogP contribution in [0.5, 0.6) is 5.75 Å². The summed E-state index contributed by atoms with van der Waals surface area (Å²) < 4.78 is 6.66. The molecule has 0 N–H and O–H groups in total. The topological polar surface area (TPSA) is 52.4 Å². The summed E-state index contributed by atoms with van der Waals surface area (Å²) in [4.78, 5) is 10.3. The number of nitro benzene ring substituents is 1. The number of halogens is 2. The summed E-state index contributed by atoms with van der Waals surface area (Å²) >= 11 is 9.17. The molecule has 0 unspecified atom stereocenters. The van der Waals surface area contributed by atoms with Crippen LogP contribution in [0.4, 0.5) is 5.69 Å². The van der Waals surface area contributed by atoms with Crippen LogP contribution in [0.1, 0.15) is 11.1 Å². The maximum absolute atomic E-state index is 10.7. The summed E-state index contributed by atoms with van der Waals surface area (Å²) in [5.74, 6) is 0.727. The molecule has 0 aliphatic carbocycles. The van der Waals surface area contributed by atoms with Gasteiger partial charge in [-0.3, -0.25) is 10.1 Å². The highest BCUT2D eigenvalue weighted by Crippen LogP contribution is 2.26. The van der Waals surface area contributed by atoms with Crippen LogP contribution < -0.4 is 4.74 Å². The third-order valence-corrected chi connectivity index (χ3v) is 3.52. The number of benzene rings is 2. The SMILES string of the molecule is O=[N+]([O-])c1ccc(OCc2ccc(Br)cc2)c(CCl)c1. The predicted molar refractivity (Wildman–Crippen MR) is 81.1 cm³/mol. The van der Waals surface area contributed by atoms with Crippen LogP contribution in [-0.2, 0) is 12.5 Å². The fraction of sp³-hybridized carbons (Fsp3) is 0.143. The fourth-order valence-electron chi connectivity index (χ4n) is 1.67. The molecule has 0 aliphatic heterocycles. The van der Waals surface area contributed by atoms with Gasteiger partial charge in [-0.05, 0) is 23.8 Å². The lowest BCUT2D eigenvalue weighted by Crippen LogP contribution is -1.99. The Kier molecular flexibility index (Phi) is 4.98. The van der Waals surface area contributed by atoms with Crippen LogP contribution >= 0.6 is 27.5 Å². The third kappa shape index (κ3) is 3.71. The number of ether oxygens (including phenoxy) is 1. The Hall–Kier alpha value is -1.59. The molecule has 0 fully saturated rings. The molecular formula is C14H11BrClNO3. The molecule has 0 aliphatic rings. The monoisotopic (exact) mass is 355 g/mol. The van der Waals surface area contributed by atoms with Crippen LogP contribution in [0.2, 0.25) is 0 Å². The van der Waals surface area contributed by atoms with Crippen molar-refractivity contribution in [2.45, 2.75) is 12.5 Å². The first-order valence-electron chi connectivity index (χ1n) is 5.80. The molecule has 0 radical (unpaired) electrons. The molecule has 0 amide bonds. The number of hydrogen-bond donors (Lipinski definition) is 0. The quantitative estimate of drug-likeness (QED) is 0.444. The molecule has 0 heterocycles. The molecule has 20 heavy (non-hydrogen) atoms. The van der Waals surface area contributed by atoms with Crippen molar-refractivity contribution in [1.82, 2.24) is 0 Å². The first kappa shape index (κ1) is 14.8. The number of rotatable bonds is 5. The molecule has 0 spiro atoms. The minimum absolute atomic E-state index is 0.0108. The van der Waals surface area contributed by atoms with Gasteiger partial charge in [-0.1, -0.05) is 28.1 Å². The van der Waals surface area contributed by atoms with E-state index >= 15 is 0 Å². The maximum Gasteiger partial charge on any atom is 0.270 e. The van der Waals surface area contributed by atoms with Crippen molar-refractivity contribution >= 4 is 33.2 Å². The fourth-order valence-corrected chi connectivity index (χ4v) is 2.14. The van der Waals surface area contributed by atoms with Gasteiger partial charge in [0.1, 0.15) is 12.4 Å². The Morgan fingerprint density at radius 2 is 1.90 bits per heavy atom. The molecule has 0 saturated heterocycles. The predicted octanol–water partition coefficient (Wildman–Crippen LogP) is 4.68. The molecule has 0 saturated carbocycles. The molecule has 6 heteroatoms. The van der Waals surface area contributed by atoms with Gasteiger partial charge in [-0.25, -0.2) is 0 Å². The summed E-state index contributed by atoms with van der Waals surface area (Å²) in [5.41, 5.74) is 1.63. The van der Waals surface area contributed by atoms with E-state index < -0.39 is 4.92 Å². The van der Waals surface area contributed by atoms with E-state index in [0.29, 0.717) is 17.9 Å². The number of nitrogens with zero attached hydrogens (tertiary/aromatic N) is 1. The van der Waals surface area contributed by atoms with Crippen LogP contribution in [0, 0.1) is 10.1 Å². The van der Waals surface area contributed by atoms with Crippen molar-refractivity contribution < 1.29 is 9.66 Å². The molecule has 104 valence electrons. The Bertz CT molecular complexity index is 616. The third-order valence-electron chi connectivity index (χ3n) is 2.71. The molecule has 2 aromatic rings. The molecule has 2 rings (SSSR count). The molecule has 0 atom stereocenters. The average molecular weight is 357 g/mol. The van der Waals surface area contributed by atoms with E-state index in [0.717, 1.165) is 10.0 Å². The highest BCUT2D eigenvalue weighted by Gasteiger charge is 2.11. The first-order chi connectivity index (χ1) is 9.60. The van der Waals surface area contributed by atoms with E-state index in [1.165, 1.54) is 12.1 Å². The van der Waals surface area contributed by atoms with Gasteiger partial charge in [0.05, 0.1) is 10.8 Å². The van der Waals surface area contributed by atoms with Crippen molar-refractivity contribution in [3.05, 3.63) is 68.2 Å². The van der Waals surface area contributed by atoms with E-state index in [9.17, 15) is 10.1 Å². The summed E-state index contributed by atoms with van der Waals surface area (Å²) in [6.07, 6.45) is 0. The lowest BCUT2D eigenvalue weighted by molar-refractivity contribution is -0.384. The largest absolute Gasteiger partial charge is 0.489 e. The zero-order valence-corrected chi connectivity index (χ0v) is 12.7. The van der Waals surface area contributed by atoms with Crippen LogP contribution in [0.25, 0.3) is 0 Å². The van der Waals surface area contributed by atoms with Gasteiger partial charge < -0.3 is 4.74 Å². The second-order valence-corrected chi connectivity index (χ2v) is 5.28. The highest BCUT2D eigenvalue weighted by molar-refractivity contribution is 9.10. The Labute approximate surface area is 129 Å². The Balaban J connectivity index is 2.12. The smallest absolute Gasteiger partial charge is 0.270 e. The number of hydrogen-bond acceptors (Lipinski definition) is 3. The Morgan fingerprint density at radius 1 is 1.20 bits per heavy atom. The molecular weight excluding hydrogens is 346 g/mol. The van der Waals surface area contributed by atoms with Crippen molar-refractivity contribution in [3.63, 3.8) is 0 Å². The normalized spacial score (nSPS) is 10.3. The number of non-ortho nitro benzene ring substituents is 1. The van der Waals surface area contributed by atoms with Crippen molar-refractivity contribution in [2.24, 2.45) is 0 Å². The molecule has 0 aromatic heterocycles. The van der Waals surface area contributed by atoms with Crippen molar-refractivity contribution in [1.29, 1.82) is 0 Å². The van der Waals surface area contributed by atoms with Gasteiger partial charge in [0.15, 0.2) is 0 Å². The van der Waals surface area contributed by atoms with Crippen LogP contribution in [0.15, 0.2) is 46.9 Å². The lowest BCUT2D eigenvalue weighted by atomic mass is 10.2.